The lowest BCUT2D eigenvalue weighted by Gasteiger charge is -2.43. The first-order chi connectivity index (χ1) is 14.1. The van der Waals surface area contributed by atoms with Crippen LogP contribution < -0.4 is 5.56 Å². The Balaban J connectivity index is 1.36. The van der Waals surface area contributed by atoms with Crippen molar-refractivity contribution < 1.29 is 4.74 Å². The molecule has 1 spiro atoms. The molecule has 5 rings (SSSR count). The summed E-state index contributed by atoms with van der Waals surface area (Å²) >= 11 is 0. The molecule has 0 atom stereocenters. The normalized spacial score (nSPS) is 18.8. The third kappa shape index (κ3) is 2.96. The fraction of sp³-hybridized carbons (Fsp3) is 0.455. The molecule has 0 aliphatic carbocycles. The molecule has 4 heterocycles. The molecule has 2 aliphatic heterocycles. The summed E-state index contributed by atoms with van der Waals surface area (Å²) in [5, 5.41) is 7.42. The van der Waals surface area contributed by atoms with Crippen molar-refractivity contribution in [3.63, 3.8) is 0 Å². The van der Waals surface area contributed by atoms with Gasteiger partial charge in [0.15, 0.2) is 0 Å². The lowest BCUT2D eigenvalue weighted by molar-refractivity contribution is -0.102. The van der Waals surface area contributed by atoms with Gasteiger partial charge in [0.25, 0.3) is 5.56 Å². The van der Waals surface area contributed by atoms with Crippen molar-refractivity contribution in [2.45, 2.75) is 38.3 Å². The maximum atomic E-state index is 13.2. The van der Waals surface area contributed by atoms with Crippen molar-refractivity contribution in [1.82, 2.24) is 24.5 Å². The molecule has 0 radical (unpaired) electrons. The molecule has 2 aromatic heterocycles. The lowest BCUT2D eigenvalue weighted by atomic mass is 9.83. The number of benzene rings is 1. The number of rotatable bonds is 3. The summed E-state index contributed by atoms with van der Waals surface area (Å²) in [4.78, 5) is 15.6. The Bertz CT molecular complexity index is 1070. The summed E-state index contributed by atoms with van der Waals surface area (Å²) in [7, 11) is 1.95. The molecule has 152 valence electrons. The molecule has 0 bridgehead atoms. The highest BCUT2D eigenvalue weighted by Gasteiger charge is 2.42. The van der Waals surface area contributed by atoms with E-state index in [0.29, 0.717) is 6.54 Å². The van der Waals surface area contributed by atoms with E-state index in [9.17, 15) is 4.79 Å². The molecule has 1 N–H and O–H groups in total. The van der Waals surface area contributed by atoms with Crippen LogP contribution in [0.2, 0.25) is 0 Å². The molecule has 0 saturated carbocycles. The van der Waals surface area contributed by atoms with Crippen molar-refractivity contribution >= 4 is 0 Å². The van der Waals surface area contributed by atoms with Crippen LogP contribution in [0.15, 0.2) is 41.3 Å². The number of para-hydroxylation sites is 1. The van der Waals surface area contributed by atoms with E-state index >= 15 is 0 Å². The number of hydrogen-bond acceptors (Lipinski definition) is 4. The van der Waals surface area contributed by atoms with Crippen LogP contribution in [0.5, 0.6) is 0 Å². The number of ether oxygens (including phenoxy) is 1. The van der Waals surface area contributed by atoms with Crippen LogP contribution in [0.1, 0.15) is 35.4 Å². The third-order valence-corrected chi connectivity index (χ3v) is 6.64. The van der Waals surface area contributed by atoms with Crippen molar-refractivity contribution in [3.05, 3.63) is 69.4 Å². The van der Waals surface area contributed by atoms with Gasteiger partial charge in [-0.05, 0) is 43.9 Å². The zero-order chi connectivity index (χ0) is 20.0. The van der Waals surface area contributed by atoms with Gasteiger partial charge in [-0.25, -0.2) is 4.68 Å². The monoisotopic (exact) mass is 393 g/mol. The number of fused-ring (bicyclic) bond motifs is 2. The van der Waals surface area contributed by atoms with Crippen LogP contribution in [0.3, 0.4) is 0 Å². The van der Waals surface area contributed by atoms with E-state index < -0.39 is 0 Å². The summed E-state index contributed by atoms with van der Waals surface area (Å²) < 4.78 is 9.97. The Morgan fingerprint density at radius 1 is 1.21 bits per heavy atom. The second-order valence-electron chi connectivity index (χ2n) is 8.18. The van der Waals surface area contributed by atoms with Crippen LogP contribution in [-0.2, 0) is 30.4 Å². The van der Waals surface area contributed by atoms with E-state index in [4.69, 9.17) is 4.74 Å². The van der Waals surface area contributed by atoms with E-state index in [-0.39, 0.29) is 11.2 Å². The fourth-order valence-electron chi connectivity index (χ4n) is 4.82. The predicted molar refractivity (Wildman–Crippen MR) is 110 cm³/mol. The van der Waals surface area contributed by atoms with Gasteiger partial charge in [0.1, 0.15) is 5.60 Å². The fourth-order valence-corrected chi connectivity index (χ4v) is 4.82. The Morgan fingerprint density at radius 3 is 2.72 bits per heavy atom. The predicted octanol–water partition coefficient (Wildman–Crippen LogP) is 2.27. The maximum Gasteiger partial charge on any atom is 0.276 e. The largest absolute Gasteiger partial charge is 0.368 e. The number of nitrogens with zero attached hydrogens (tertiary/aromatic N) is 4. The summed E-state index contributed by atoms with van der Waals surface area (Å²) in [6.45, 7) is 5.26. The van der Waals surface area contributed by atoms with Crippen molar-refractivity contribution in [2.24, 2.45) is 7.05 Å². The molecular weight excluding hydrogens is 366 g/mol. The summed E-state index contributed by atoms with van der Waals surface area (Å²) in [5.41, 5.74) is 5.06. The number of aromatic nitrogens is 4. The van der Waals surface area contributed by atoms with Crippen LogP contribution in [0, 0.1) is 6.92 Å². The zero-order valence-electron chi connectivity index (χ0n) is 17.0. The third-order valence-electron chi connectivity index (χ3n) is 6.64. The molecule has 3 aromatic rings. The van der Waals surface area contributed by atoms with Crippen LogP contribution in [0.25, 0.3) is 5.69 Å². The number of H-pyrrole nitrogens is 1. The van der Waals surface area contributed by atoms with Crippen molar-refractivity contribution in [3.8, 4) is 5.69 Å². The van der Waals surface area contributed by atoms with Crippen LogP contribution in [-0.4, -0.2) is 44.2 Å². The first-order valence-electron chi connectivity index (χ1n) is 10.3. The first kappa shape index (κ1) is 18.4. The molecular formula is C22H27N5O2. The number of likely N-dealkylation sites (tertiary alicyclic amines) is 1. The Kier molecular flexibility index (Phi) is 4.44. The molecule has 0 unspecified atom stereocenters. The standard InChI is InChI=1S/C22H27N5O2/c1-16-19(21(28)27(25(16)2)18-6-4-3-5-7-18)15-26-11-9-22(10-12-26)20-17(8-13-29-22)14-23-24-20/h3-7,14H,8-13,15H2,1-2H3,(H,23,24). The topological polar surface area (TPSA) is 68.1 Å². The summed E-state index contributed by atoms with van der Waals surface area (Å²) in [5.74, 6) is 0. The Labute approximate surface area is 169 Å². The van der Waals surface area contributed by atoms with E-state index in [1.807, 2.05) is 55.2 Å². The first-order valence-corrected chi connectivity index (χ1v) is 10.3. The maximum absolute atomic E-state index is 13.2. The zero-order valence-corrected chi connectivity index (χ0v) is 17.0. The van der Waals surface area contributed by atoms with Crippen molar-refractivity contribution in [2.75, 3.05) is 19.7 Å². The van der Waals surface area contributed by atoms with E-state index in [1.54, 1.807) is 4.68 Å². The minimum absolute atomic E-state index is 0.0706. The number of hydrogen-bond donors (Lipinski definition) is 1. The van der Waals surface area contributed by atoms with E-state index in [0.717, 1.165) is 61.6 Å². The number of aromatic amines is 1. The molecule has 1 fully saturated rings. The van der Waals surface area contributed by atoms with Gasteiger partial charge in [0.2, 0.25) is 0 Å². The number of nitrogens with one attached hydrogen (secondary N) is 1. The highest BCUT2D eigenvalue weighted by atomic mass is 16.5. The molecule has 7 heteroatoms. The van der Waals surface area contributed by atoms with Crippen LogP contribution in [0.4, 0.5) is 0 Å². The van der Waals surface area contributed by atoms with Gasteiger partial charge in [-0.2, -0.15) is 5.10 Å². The minimum atomic E-state index is -0.240. The van der Waals surface area contributed by atoms with E-state index in [2.05, 4.69) is 15.1 Å². The molecule has 0 amide bonds. The van der Waals surface area contributed by atoms with Gasteiger partial charge in [0.05, 0.1) is 29.7 Å². The Morgan fingerprint density at radius 2 is 1.97 bits per heavy atom. The van der Waals surface area contributed by atoms with Gasteiger partial charge in [0, 0.05) is 32.4 Å². The minimum Gasteiger partial charge on any atom is -0.368 e. The van der Waals surface area contributed by atoms with Crippen molar-refractivity contribution in [1.29, 1.82) is 0 Å². The number of piperidine rings is 1. The molecule has 2 aliphatic rings. The SMILES string of the molecule is Cc1c(CN2CCC3(CC2)OCCc2cn[nH]c23)c(=O)n(-c2ccccc2)n1C. The molecule has 1 aromatic carbocycles. The van der Waals surface area contributed by atoms with Gasteiger partial charge in [-0.15, -0.1) is 0 Å². The second-order valence-corrected chi connectivity index (χ2v) is 8.18. The average Bonchev–Trinajstić information content (AvgIpc) is 3.31. The Hall–Kier alpha value is -2.64. The summed E-state index contributed by atoms with van der Waals surface area (Å²) in [6.07, 6.45) is 4.70. The highest BCUT2D eigenvalue weighted by molar-refractivity contribution is 5.33. The van der Waals surface area contributed by atoms with Gasteiger partial charge in [-0.1, -0.05) is 18.2 Å². The average molecular weight is 393 g/mol. The second kappa shape index (κ2) is 7.00. The molecule has 1 saturated heterocycles. The van der Waals surface area contributed by atoms with E-state index in [1.165, 1.54) is 5.56 Å². The summed E-state index contributed by atoms with van der Waals surface area (Å²) in [6, 6.07) is 9.83. The molecule has 29 heavy (non-hydrogen) atoms. The van der Waals surface area contributed by atoms with Crippen LogP contribution >= 0.6 is 0 Å². The smallest absolute Gasteiger partial charge is 0.276 e. The highest BCUT2D eigenvalue weighted by Crippen LogP contribution is 2.40. The molecule has 7 nitrogen and oxygen atoms in total. The van der Waals surface area contributed by atoms with Gasteiger partial charge in [-0.3, -0.25) is 19.5 Å². The van der Waals surface area contributed by atoms with Gasteiger partial charge >= 0.3 is 0 Å². The van der Waals surface area contributed by atoms with Gasteiger partial charge < -0.3 is 4.74 Å². The lowest BCUT2D eigenvalue weighted by Crippen LogP contribution is -2.46. The quantitative estimate of drug-likeness (QED) is 0.741.